The summed E-state index contributed by atoms with van der Waals surface area (Å²) in [4.78, 5) is 4.30. The van der Waals surface area contributed by atoms with Gasteiger partial charge in [0.1, 0.15) is 5.75 Å². The van der Waals surface area contributed by atoms with E-state index < -0.39 is 0 Å². The molecular weight excluding hydrogens is 384 g/mol. The minimum atomic E-state index is 0.266. The number of benzene rings is 2. The van der Waals surface area contributed by atoms with E-state index in [0.29, 0.717) is 10.0 Å². The molecular formula is C13H8Cl2INO. The molecule has 18 heavy (non-hydrogen) atoms. The van der Waals surface area contributed by atoms with Crippen LogP contribution >= 0.6 is 45.8 Å². The molecule has 2 aromatic carbocycles. The third kappa shape index (κ3) is 3.37. The number of aliphatic imine (C=N–C) groups is 1. The molecule has 0 saturated heterocycles. The highest BCUT2D eigenvalue weighted by Gasteiger charge is 1.99. The highest BCUT2D eigenvalue weighted by molar-refractivity contribution is 14.1. The number of hydrogen-bond acceptors (Lipinski definition) is 2. The molecule has 0 unspecified atom stereocenters. The molecule has 2 nitrogen and oxygen atoms in total. The molecule has 0 spiro atoms. The van der Waals surface area contributed by atoms with E-state index in [2.05, 4.69) is 27.6 Å². The zero-order chi connectivity index (χ0) is 13.1. The van der Waals surface area contributed by atoms with Gasteiger partial charge >= 0.3 is 0 Å². The summed E-state index contributed by atoms with van der Waals surface area (Å²) in [5, 5.41) is 10.4. The number of rotatable bonds is 2. The third-order valence-electron chi connectivity index (χ3n) is 2.24. The molecule has 0 heterocycles. The van der Waals surface area contributed by atoms with Gasteiger partial charge in [0.15, 0.2) is 0 Å². The first-order valence-electron chi connectivity index (χ1n) is 5.04. The molecule has 0 bridgehead atoms. The SMILES string of the molecule is Oc1ccc(C=Nc2ccc(Cl)c(Cl)c2)cc1I. The van der Waals surface area contributed by atoms with Gasteiger partial charge in [-0.2, -0.15) is 0 Å². The molecule has 0 aromatic heterocycles. The molecule has 0 amide bonds. The summed E-state index contributed by atoms with van der Waals surface area (Å²) in [6.07, 6.45) is 1.71. The Kier molecular flexibility index (Phi) is 4.48. The lowest BCUT2D eigenvalue weighted by atomic mass is 10.2. The van der Waals surface area contributed by atoms with Crippen molar-refractivity contribution in [2.24, 2.45) is 4.99 Å². The Morgan fingerprint density at radius 1 is 1.06 bits per heavy atom. The van der Waals surface area contributed by atoms with Gasteiger partial charge in [-0.05, 0) is 64.6 Å². The molecule has 0 fully saturated rings. The fourth-order valence-corrected chi connectivity index (χ4v) is 2.15. The fourth-order valence-electron chi connectivity index (χ4n) is 1.32. The van der Waals surface area contributed by atoms with Crippen LogP contribution in [0.5, 0.6) is 5.75 Å². The van der Waals surface area contributed by atoms with Crippen molar-refractivity contribution in [1.29, 1.82) is 0 Å². The van der Waals surface area contributed by atoms with E-state index in [-0.39, 0.29) is 5.75 Å². The second kappa shape index (κ2) is 5.91. The Morgan fingerprint density at radius 3 is 2.50 bits per heavy atom. The summed E-state index contributed by atoms with van der Waals surface area (Å²) >= 11 is 13.8. The number of phenols is 1. The number of hydrogen-bond donors (Lipinski definition) is 1. The fraction of sp³-hybridized carbons (Fsp3) is 0. The van der Waals surface area contributed by atoms with Crippen molar-refractivity contribution in [1.82, 2.24) is 0 Å². The highest BCUT2D eigenvalue weighted by Crippen LogP contribution is 2.26. The van der Waals surface area contributed by atoms with E-state index in [9.17, 15) is 5.11 Å². The van der Waals surface area contributed by atoms with Crippen LogP contribution in [0.25, 0.3) is 0 Å². The predicted octanol–water partition coefficient (Wildman–Crippen LogP) is 5.05. The van der Waals surface area contributed by atoms with Crippen molar-refractivity contribution >= 4 is 57.7 Å². The molecule has 0 atom stereocenters. The smallest absolute Gasteiger partial charge is 0.128 e. The molecule has 2 rings (SSSR count). The topological polar surface area (TPSA) is 32.6 Å². The summed E-state index contributed by atoms with van der Waals surface area (Å²) in [6, 6.07) is 10.5. The average molecular weight is 392 g/mol. The summed E-state index contributed by atoms with van der Waals surface area (Å²) in [6.45, 7) is 0. The minimum absolute atomic E-state index is 0.266. The Hall–Kier alpha value is -0.780. The minimum Gasteiger partial charge on any atom is -0.507 e. The lowest BCUT2D eigenvalue weighted by Gasteiger charge is -1.99. The maximum absolute atomic E-state index is 9.41. The van der Waals surface area contributed by atoms with Crippen LogP contribution in [0.4, 0.5) is 5.69 Å². The van der Waals surface area contributed by atoms with Crippen molar-refractivity contribution in [3.63, 3.8) is 0 Å². The van der Waals surface area contributed by atoms with E-state index in [0.717, 1.165) is 14.8 Å². The quantitative estimate of drug-likeness (QED) is 0.563. The van der Waals surface area contributed by atoms with Gasteiger partial charge in [0.25, 0.3) is 0 Å². The molecule has 2 aromatic rings. The van der Waals surface area contributed by atoms with Crippen LogP contribution in [0.1, 0.15) is 5.56 Å². The van der Waals surface area contributed by atoms with Crippen LogP contribution < -0.4 is 0 Å². The van der Waals surface area contributed by atoms with E-state index in [1.54, 1.807) is 36.5 Å². The summed E-state index contributed by atoms with van der Waals surface area (Å²) in [5.74, 6) is 0.266. The lowest BCUT2D eigenvalue weighted by molar-refractivity contribution is 0.471. The standard InChI is InChI=1S/C13H8Cl2INO/c14-10-3-2-9(6-11(10)15)17-7-8-1-4-13(18)12(16)5-8/h1-7,18H. The summed E-state index contributed by atoms with van der Waals surface area (Å²) < 4.78 is 0.783. The van der Waals surface area contributed by atoms with Crippen LogP contribution in [0, 0.1) is 3.57 Å². The third-order valence-corrected chi connectivity index (χ3v) is 3.84. The second-order valence-electron chi connectivity index (χ2n) is 3.57. The lowest BCUT2D eigenvalue weighted by Crippen LogP contribution is -1.82. The first-order chi connectivity index (χ1) is 8.56. The Balaban J connectivity index is 2.24. The van der Waals surface area contributed by atoms with Crippen LogP contribution in [-0.4, -0.2) is 11.3 Å². The molecule has 5 heteroatoms. The monoisotopic (exact) mass is 391 g/mol. The van der Waals surface area contributed by atoms with Gasteiger partial charge in [-0.3, -0.25) is 4.99 Å². The van der Waals surface area contributed by atoms with Crippen LogP contribution in [0.15, 0.2) is 41.4 Å². The van der Waals surface area contributed by atoms with Gasteiger partial charge in [-0.15, -0.1) is 0 Å². The van der Waals surface area contributed by atoms with Gasteiger partial charge in [-0.25, -0.2) is 0 Å². The van der Waals surface area contributed by atoms with Gasteiger partial charge in [-0.1, -0.05) is 23.2 Å². The molecule has 1 N–H and O–H groups in total. The van der Waals surface area contributed by atoms with Gasteiger partial charge in [0.2, 0.25) is 0 Å². The number of halogens is 3. The zero-order valence-electron chi connectivity index (χ0n) is 9.07. The summed E-state index contributed by atoms with van der Waals surface area (Å²) in [5.41, 5.74) is 1.63. The van der Waals surface area contributed by atoms with Gasteiger partial charge in [0, 0.05) is 6.21 Å². The van der Waals surface area contributed by atoms with Crippen LogP contribution in [0.2, 0.25) is 10.0 Å². The van der Waals surface area contributed by atoms with Crippen LogP contribution in [-0.2, 0) is 0 Å². The average Bonchev–Trinajstić information content (AvgIpc) is 2.35. The second-order valence-corrected chi connectivity index (χ2v) is 5.54. The largest absolute Gasteiger partial charge is 0.507 e. The van der Waals surface area contributed by atoms with Crippen molar-refractivity contribution in [2.75, 3.05) is 0 Å². The Bertz CT molecular complexity index is 560. The molecule has 92 valence electrons. The molecule has 0 aliphatic rings. The van der Waals surface area contributed by atoms with E-state index in [1.807, 2.05) is 6.07 Å². The maximum atomic E-state index is 9.41. The van der Waals surface area contributed by atoms with Crippen LogP contribution in [0.3, 0.4) is 0 Å². The normalized spacial score (nSPS) is 11.1. The number of nitrogens with zero attached hydrogens (tertiary/aromatic N) is 1. The molecule has 0 saturated carbocycles. The Labute approximate surface area is 128 Å². The predicted molar refractivity (Wildman–Crippen MR) is 84.5 cm³/mol. The van der Waals surface area contributed by atoms with E-state index in [1.165, 1.54) is 0 Å². The number of phenolic OH excluding ortho intramolecular Hbond substituents is 1. The van der Waals surface area contributed by atoms with Crippen molar-refractivity contribution in [3.8, 4) is 5.75 Å². The summed E-state index contributed by atoms with van der Waals surface area (Å²) in [7, 11) is 0. The molecule has 0 radical (unpaired) electrons. The Morgan fingerprint density at radius 2 is 1.83 bits per heavy atom. The van der Waals surface area contributed by atoms with Gasteiger partial charge in [0.05, 0.1) is 19.3 Å². The van der Waals surface area contributed by atoms with Gasteiger partial charge < -0.3 is 5.11 Å². The maximum Gasteiger partial charge on any atom is 0.128 e. The highest BCUT2D eigenvalue weighted by atomic mass is 127. The molecule has 0 aliphatic heterocycles. The first-order valence-corrected chi connectivity index (χ1v) is 6.87. The number of aromatic hydroxyl groups is 1. The van der Waals surface area contributed by atoms with Crippen molar-refractivity contribution < 1.29 is 5.11 Å². The van der Waals surface area contributed by atoms with E-state index in [4.69, 9.17) is 23.2 Å². The molecule has 0 aliphatic carbocycles. The van der Waals surface area contributed by atoms with E-state index >= 15 is 0 Å². The van der Waals surface area contributed by atoms with Crippen molar-refractivity contribution in [2.45, 2.75) is 0 Å². The zero-order valence-corrected chi connectivity index (χ0v) is 12.7. The van der Waals surface area contributed by atoms with Crippen molar-refractivity contribution in [3.05, 3.63) is 55.6 Å². The first kappa shape index (κ1) is 13.6.